The van der Waals surface area contributed by atoms with Crippen molar-refractivity contribution in [2.75, 3.05) is 6.61 Å². The van der Waals surface area contributed by atoms with Crippen LogP contribution >= 0.6 is 0 Å². The van der Waals surface area contributed by atoms with Gasteiger partial charge in [-0.15, -0.1) is 0 Å². The first-order chi connectivity index (χ1) is 7.88. The molecule has 1 heterocycles. The molecule has 1 aliphatic rings. The first-order valence-corrected chi connectivity index (χ1v) is 4.83. The molecule has 0 amide bonds. The average Bonchev–Trinajstić information content (AvgIpc) is 2.30. The van der Waals surface area contributed by atoms with Crippen molar-refractivity contribution in [2.24, 2.45) is 0 Å². The van der Waals surface area contributed by atoms with Crippen molar-refractivity contribution in [2.45, 2.75) is 30.5 Å². The van der Waals surface area contributed by atoms with Crippen LogP contribution in [-0.4, -0.2) is 73.7 Å². The lowest BCUT2D eigenvalue weighted by Gasteiger charge is -2.34. The highest BCUT2D eigenvalue weighted by Gasteiger charge is 2.41. The predicted molar refractivity (Wildman–Crippen MR) is 51.7 cm³/mol. The van der Waals surface area contributed by atoms with E-state index in [0.717, 1.165) is 6.08 Å². The van der Waals surface area contributed by atoms with E-state index in [1.807, 2.05) is 0 Å². The minimum atomic E-state index is -1.73. The van der Waals surface area contributed by atoms with E-state index in [4.69, 9.17) is 20.1 Å². The molecule has 17 heavy (non-hydrogen) atoms. The fraction of sp³-hybridized carbons (Fsp3) is 0.667. The lowest BCUT2D eigenvalue weighted by Crippen LogP contribution is -2.53. The molecule has 8 nitrogen and oxygen atoms in total. The van der Waals surface area contributed by atoms with Crippen molar-refractivity contribution in [3.63, 3.8) is 0 Å². The molecule has 1 rings (SSSR count). The molecule has 98 valence electrons. The monoisotopic (exact) mass is 250 g/mol. The number of hydrogen-bond acceptors (Lipinski definition) is 7. The van der Waals surface area contributed by atoms with Gasteiger partial charge in [0, 0.05) is 0 Å². The molecule has 6 N–H and O–H groups in total. The van der Waals surface area contributed by atoms with Crippen LogP contribution in [0.1, 0.15) is 0 Å². The van der Waals surface area contributed by atoms with E-state index in [0.29, 0.717) is 0 Å². The van der Waals surface area contributed by atoms with Crippen molar-refractivity contribution in [1.82, 2.24) is 0 Å². The second-order valence-electron chi connectivity index (χ2n) is 3.64. The number of carboxylic acid groups (broad SMARTS) is 1. The zero-order valence-corrected chi connectivity index (χ0v) is 8.67. The first-order valence-electron chi connectivity index (χ1n) is 4.83. The summed E-state index contributed by atoms with van der Waals surface area (Å²) in [7, 11) is 0. The summed E-state index contributed by atoms with van der Waals surface area (Å²) in [6.07, 6.45) is -7.25. The summed E-state index contributed by atoms with van der Waals surface area (Å²) < 4.78 is 4.75. The molecule has 0 radical (unpaired) electrons. The zero-order valence-electron chi connectivity index (χ0n) is 8.67. The van der Waals surface area contributed by atoms with E-state index >= 15 is 0 Å². The van der Waals surface area contributed by atoms with Gasteiger partial charge in [0.1, 0.15) is 24.4 Å². The van der Waals surface area contributed by atoms with Gasteiger partial charge in [-0.1, -0.05) is 0 Å². The summed E-state index contributed by atoms with van der Waals surface area (Å²) in [4.78, 5) is 10.6. The van der Waals surface area contributed by atoms with Crippen LogP contribution in [0.25, 0.3) is 0 Å². The summed E-state index contributed by atoms with van der Waals surface area (Å²) in [5.41, 5.74) is 0. The van der Waals surface area contributed by atoms with Crippen molar-refractivity contribution in [3.05, 3.63) is 11.8 Å². The Hall–Kier alpha value is -1.19. The number of aliphatic carboxylic acids is 1. The Morgan fingerprint density at radius 3 is 2.47 bits per heavy atom. The fourth-order valence-electron chi connectivity index (χ4n) is 1.42. The van der Waals surface area contributed by atoms with Gasteiger partial charge in [0.2, 0.25) is 5.76 Å². The smallest absolute Gasteiger partial charge is 0.370 e. The van der Waals surface area contributed by atoms with Crippen LogP contribution in [0.2, 0.25) is 0 Å². The molecule has 0 saturated heterocycles. The largest absolute Gasteiger partial charge is 0.478 e. The normalized spacial score (nSPS) is 32.3. The second-order valence-corrected chi connectivity index (χ2v) is 3.64. The van der Waals surface area contributed by atoms with Crippen LogP contribution in [0.3, 0.4) is 0 Å². The Labute approximate surface area is 96.0 Å². The number of rotatable bonds is 4. The van der Waals surface area contributed by atoms with Gasteiger partial charge >= 0.3 is 5.97 Å². The van der Waals surface area contributed by atoms with E-state index in [1.54, 1.807) is 0 Å². The molecule has 0 bridgehead atoms. The second kappa shape index (κ2) is 5.43. The van der Waals surface area contributed by atoms with E-state index in [9.17, 15) is 20.1 Å². The molecule has 0 spiro atoms. The lowest BCUT2D eigenvalue weighted by atomic mass is 9.96. The highest BCUT2D eigenvalue weighted by atomic mass is 16.5. The van der Waals surface area contributed by atoms with Gasteiger partial charge in [-0.2, -0.15) is 0 Å². The van der Waals surface area contributed by atoms with E-state index in [1.165, 1.54) is 0 Å². The topological polar surface area (TPSA) is 148 Å². The summed E-state index contributed by atoms with van der Waals surface area (Å²) in [5.74, 6) is -2.12. The van der Waals surface area contributed by atoms with Gasteiger partial charge in [0.15, 0.2) is 6.10 Å². The van der Waals surface area contributed by atoms with Gasteiger partial charge in [0.05, 0.1) is 6.61 Å². The number of carboxylic acids is 1. The van der Waals surface area contributed by atoms with Crippen LogP contribution < -0.4 is 0 Å². The third kappa shape index (κ3) is 2.93. The molecule has 5 atom stereocenters. The Morgan fingerprint density at radius 1 is 1.41 bits per heavy atom. The molecule has 1 aliphatic heterocycles. The molecule has 0 aromatic rings. The SMILES string of the molecule is O=C(O)C1=CC(O)C(O)C(C(O)C(O)CO)O1. The third-order valence-corrected chi connectivity index (χ3v) is 2.40. The summed E-state index contributed by atoms with van der Waals surface area (Å²) in [6, 6.07) is 0. The predicted octanol–water partition coefficient (Wildman–Crippen LogP) is -3.21. The van der Waals surface area contributed by atoms with Crippen LogP contribution in [0.15, 0.2) is 11.8 Å². The molecule has 0 aliphatic carbocycles. The van der Waals surface area contributed by atoms with Crippen molar-refractivity contribution in [1.29, 1.82) is 0 Å². The minimum absolute atomic E-state index is 0.642. The Balaban J connectivity index is 2.87. The van der Waals surface area contributed by atoms with Crippen molar-refractivity contribution >= 4 is 5.97 Å². The quantitative estimate of drug-likeness (QED) is 0.305. The molecule has 8 heteroatoms. The van der Waals surface area contributed by atoms with Gasteiger partial charge in [0.25, 0.3) is 0 Å². The highest BCUT2D eigenvalue weighted by molar-refractivity contribution is 5.84. The molecule has 0 aromatic heterocycles. The van der Waals surface area contributed by atoms with Gasteiger partial charge in [-0.3, -0.25) is 0 Å². The average molecular weight is 250 g/mol. The standard InChI is InChI=1S/C9H14O8/c10-2-4(12)7(14)8-6(13)3(11)1-5(17-8)9(15)16/h1,3-4,6-8,10-14H,2H2,(H,15,16). The Morgan fingerprint density at radius 2 is 2.00 bits per heavy atom. The summed E-state index contributed by atoms with van der Waals surface area (Å²) >= 11 is 0. The van der Waals surface area contributed by atoms with Crippen LogP contribution in [0.4, 0.5) is 0 Å². The number of carbonyl (C=O) groups is 1. The maximum atomic E-state index is 10.6. The molecular formula is C9H14O8. The zero-order chi connectivity index (χ0) is 13.2. The van der Waals surface area contributed by atoms with Crippen LogP contribution in [0.5, 0.6) is 0 Å². The molecule has 0 saturated carbocycles. The van der Waals surface area contributed by atoms with E-state index in [2.05, 4.69) is 0 Å². The lowest BCUT2D eigenvalue weighted by molar-refractivity contribution is -0.164. The van der Waals surface area contributed by atoms with Crippen molar-refractivity contribution < 1.29 is 40.2 Å². The Bertz CT molecular complexity index is 314. The maximum Gasteiger partial charge on any atom is 0.370 e. The fourth-order valence-corrected chi connectivity index (χ4v) is 1.42. The number of aliphatic hydroxyl groups excluding tert-OH is 5. The highest BCUT2D eigenvalue weighted by Crippen LogP contribution is 2.22. The van der Waals surface area contributed by atoms with Crippen LogP contribution in [-0.2, 0) is 9.53 Å². The van der Waals surface area contributed by atoms with Gasteiger partial charge in [-0.25, -0.2) is 4.79 Å². The number of ether oxygens (including phenoxy) is 1. The van der Waals surface area contributed by atoms with E-state index < -0.39 is 48.9 Å². The third-order valence-electron chi connectivity index (χ3n) is 2.40. The van der Waals surface area contributed by atoms with Gasteiger partial charge in [-0.05, 0) is 6.08 Å². The minimum Gasteiger partial charge on any atom is -0.478 e. The molecule has 0 fully saturated rings. The molecule has 5 unspecified atom stereocenters. The van der Waals surface area contributed by atoms with Crippen LogP contribution in [0, 0.1) is 0 Å². The maximum absolute atomic E-state index is 10.6. The molecule has 0 aromatic carbocycles. The Kier molecular flexibility index (Phi) is 4.43. The van der Waals surface area contributed by atoms with E-state index in [-0.39, 0.29) is 0 Å². The molecular weight excluding hydrogens is 236 g/mol. The summed E-state index contributed by atoms with van der Waals surface area (Å²) in [6.45, 7) is -0.796. The summed E-state index contributed by atoms with van der Waals surface area (Å²) in [5, 5.41) is 54.8. The first kappa shape index (κ1) is 13.9. The number of aliphatic hydroxyl groups is 5. The number of hydrogen-bond donors (Lipinski definition) is 6. The van der Waals surface area contributed by atoms with Crippen molar-refractivity contribution in [3.8, 4) is 0 Å². The van der Waals surface area contributed by atoms with Gasteiger partial charge < -0.3 is 35.4 Å².